The van der Waals surface area contributed by atoms with Gasteiger partial charge >= 0.3 is 0 Å². The van der Waals surface area contributed by atoms with Crippen LogP contribution in [-0.4, -0.2) is 21.3 Å². The van der Waals surface area contributed by atoms with Gasteiger partial charge in [0, 0.05) is 18.0 Å². The second-order valence-electron chi connectivity index (χ2n) is 5.38. The van der Waals surface area contributed by atoms with Gasteiger partial charge in [0.1, 0.15) is 5.82 Å². The highest BCUT2D eigenvalue weighted by atomic mass is 15.3. The molecule has 2 aromatic carbocycles. The fourth-order valence-electron chi connectivity index (χ4n) is 2.80. The maximum absolute atomic E-state index is 4.45. The van der Waals surface area contributed by atoms with Gasteiger partial charge in [-0.2, -0.15) is 0 Å². The van der Waals surface area contributed by atoms with E-state index in [1.165, 1.54) is 0 Å². The van der Waals surface area contributed by atoms with Gasteiger partial charge in [-0.15, -0.1) is 10.2 Å². The van der Waals surface area contributed by atoms with E-state index in [1.807, 2.05) is 24.3 Å². The van der Waals surface area contributed by atoms with E-state index < -0.39 is 0 Å². The lowest BCUT2D eigenvalue weighted by molar-refractivity contribution is 0.725. The van der Waals surface area contributed by atoms with Gasteiger partial charge in [0.25, 0.3) is 0 Å². The highest BCUT2D eigenvalue weighted by Crippen LogP contribution is 2.32. The highest BCUT2D eigenvalue weighted by Gasteiger charge is 2.24. The largest absolute Gasteiger partial charge is 0.383 e. The van der Waals surface area contributed by atoms with Gasteiger partial charge in [-0.3, -0.25) is 4.57 Å². The molecule has 0 fully saturated rings. The van der Waals surface area contributed by atoms with Gasteiger partial charge in [0.2, 0.25) is 0 Å². The SMILES string of the molecule is C[C@@H]1CNc2ccccc2-n2c(-c3ccccc3)nnc21. The molecule has 0 spiro atoms. The third kappa shape index (κ3) is 1.91. The van der Waals surface area contributed by atoms with Gasteiger partial charge in [-0.1, -0.05) is 49.4 Å². The zero-order valence-corrected chi connectivity index (χ0v) is 11.8. The summed E-state index contributed by atoms with van der Waals surface area (Å²) in [6.45, 7) is 3.04. The van der Waals surface area contributed by atoms with Gasteiger partial charge < -0.3 is 5.32 Å². The van der Waals surface area contributed by atoms with Crippen LogP contribution in [0.2, 0.25) is 0 Å². The van der Waals surface area contributed by atoms with E-state index in [0.29, 0.717) is 5.92 Å². The number of anilines is 1. The number of nitrogens with one attached hydrogen (secondary N) is 1. The first-order valence-electron chi connectivity index (χ1n) is 7.18. The van der Waals surface area contributed by atoms with Crippen molar-refractivity contribution in [3.05, 3.63) is 60.4 Å². The molecule has 0 amide bonds. The number of hydrogen-bond acceptors (Lipinski definition) is 3. The monoisotopic (exact) mass is 276 g/mol. The fraction of sp³-hybridized carbons (Fsp3) is 0.176. The average Bonchev–Trinajstić information content (AvgIpc) is 2.93. The Kier molecular flexibility index (Phi) is 2.74. The smallest absolute Gasteiger partial charge is 0.168 e. The zero-order valence-electron chi connectivity index (χ0n) is 11.8. The molecule has 0 unspecified atom stereocenters. The van der Waals surface area contributed by atoms with Crippen LogP contribution in [0, 0.1) is 0 Å². The first kappa shape index (κ1) is 12.1. The maximum atomic E-state index is 4.45. The summed E-state index contributed by atoms with van der Waals surface area (Å²) in [4.78, 5) is 0. The standard InChI is InChI=1S/C17H16N4/c1-12-11-18-14-9-5-6-10-15(14)21-16(12)19-20-17(21)13-7-3-2-4-8-13/h2-10,12,18H,11H2,1H3/t12-/m1/s1. The van der Waals surface area contributed by atoms with Crippen molar-refractivity contribution in [1.29, 1.82) is 0 Å². The first-order chi connectivity index (χ1) is 10.3. The van der Waals surface area contributed by atoms with E-state index in [-0.39, 0.29) is 0 Å². The molecule has 3 aromatic rings. The van der Waals surface area contributed by atoms with Crippen LogP contribution < -0.4 is 5.32 Å². The number of benzene rings is 2. The molecule has 21 heavy (non-hydrogen) atoms. The van der Waals surface area contributed by atoms with Crippen LogP contribution in [0.25, 0.3) is 17.1 Å². The minimum atomic E-state index is 0.308. The Labute approximate surface area is 123 Å². The van der Waals surface area contributed by atoms with Crippen molar-refractivity contribution in [3.8, 4) is 17.1 Å². The lowest BCUT2D eigenvalue weighted by Gasteiger charge is -2.11. The minimum Gasteiger partial charge on any atom is -0.383 e. The molecule has 4 rings (SSSR count). The molecule has 1 atom stereocenters. The van der Waals surface area contributed by atoms with E-state index in [1.54, 1.807) is 0 Å². The molecule has 2 heterocycles. The minimum absolute atomic E-state index is 0.308. The average molecular weight is 276 g/mol. The first-order valence-corrected chi connectivity index (χ1v) is 7.18. The van der Waals surface area contributed by atoms with Crippen molar-refractivity contribution in [3.63, 3.8) is 0 Å². The number of aromatic nitrogens is 3. The molecule has 0 radical (unpaired) electrons. The molecule has 104 valence electrons. The number of fused-ring (bicyclic) bond motifs is 3. The van der Waals surface area contributed by atoms with Gasteiger partial charge in [0.05, 0.1) is 11.4 Å². The lowest BCUT2D eigenvalue weighted by atomic mass is 10.1. The summed E-state index contributed by atoms with van der Waals surface area (Å²) in [5.41, 5.74) is 3.32. The van der Waals surface area contributed by atoms with Crippen LogP contribution in [0.3, 0.4) is 0 Å². The summed E-state index contributed by atoms with van der Waals surface area (Å²) in [7, 11) is 0. The fourth-order valence-corrected chi connectivity index (χ4v) is 2.80. The van der Waals surface area contributed by atoms with E-state index in [9.17, 15) is 0 Å². The van der Waals surface area contributed by atoms with Crippen molar-refractivity contribution in [2.45, 2.75) is 12.8 Å². The summed E-state index contributed by atoms with van der Waals surface area (Å²) >= 11 is 0. The molecular weight excluding hydrogens is 260 g/mol. The predicted molar refractivity (Wildman–Crippen MR) is 83.7 cm³/mol. The Morgan fingerprint density at radius 2 is 1.76 bits per heavy atom. The van der Waals surface area contributed by atoms with Gasteiger partial charge in [0.15, 0.2) is 5.82 Å². The number of rotatable bonds is 1. The lowest BCUT2D eigenvalue weighted by Crippen LogP contribution is -2.09. The van der Waals surface area contributed by atoms with Crippen LogP contribution in [0.1, 0.15) is 18.7 Å². The van der Waals surface area contributed by atoms with Crippen LogP contribution in [0.5, 0.6) is 0 Å². The molecule has 1 aliphatic heterocycles. The van der Waals surface area contributed by atoms with Crippen molar-refractivity contribution < 1.29 is 0 Å². The van der Waals surface area contributed by atoms with E-state index in [2.05, 4.69) is 57.3 Å². The zero-order chi connectivity index (χ0) is 14.2. The predicted octanol–water partition coefficient (Wildman–Crippen LogP) is 3.46. The molecule has 0 saturated heterocycles. The second kappa shape index (κ2) is 4.74. The molecule has 1 aliphatic rings. The Hall–Kier alpha value is -2.62. The second-order valence-corrected chi connectivity index (χ2v) is 5.38. The summed E-state index contributed by atoms with van der Waals surface area (Å²) in [5, 5.41) is 12.4. The number of para-hydroxylation sites is 2. The van der Waals surface area contributed by atoms with Crippen LogP contribution >= 0.6 is 0 Å². The summed E-state index contributed by atoms with van der Waals surface area (Å²) in [6, 6.07) is 18.5. The van der Waals surface area contributed by atoms with Crippen molar-refractivity contribution in [2.75, 3.05) is 11.9 Å². The summed E-state index contributed by atoms with van der Waals surface area (Å²) < 4.78 is 2.18. The van der Waals surface area contributed by atoms with Crippen LogP contribution in [-0.2, 0) is 0 Å². The number of hydrogen-bond donors (Lipinski definition) is 1. The van der Waals surface area contributed by atoms with Crippen molar-refractivity contribution in [2.24, 2.45) is 0 Å². The molecular formula is C17H16N4. The third-order valence-corrected chi connectivity index (χ3v) is 3.90. The van der Waals surface area contributed by atoms with E-state index in [0.717, 1.165) is 35.1 Å². The molecule has 4 heteroatoms. The van der Waals surface area contributed by atoms with Crippen molar-refractivity contribution in [1.82, 2.24) is 14.8 Å². The van der Waals surface area contributed by atoms with Gasteiger partial charge in [-0.05, 0) is 12.1 Å². The quantitative estimate of drug-likeness (QED) is 0.740. The Balaban J connectivity index is 2.00. The molecule has 1 N–H and O–H groups in total. The molecule has 0 bridgehead atoms. The Bertz CT molecular complexity index is 776. The van der Waals surface area contributed by atoms with Crippen LogP contribution in [0.15, 0.2) is 54.6 Å². The third-order valence-electron chi connectivity index (χ3n) is 3.90. The summed E-state index contributed by atoms with van der Waals surface area (Å²) in [5.74, 6) is 2.21. The normalized spacial score (nSPS) is 16.5. The molecule has 0 saturated carbocycles. The van der Waals surface area contributed by atoms with E-state index in [4.69, 9.17) is 0 Å². The molecule has 0 aliphatic carbocycles. The van der Waals surface area contributed by atoms with Crippen molar-refractivity contribution >= 4 is 5.69 Å². The Morgan fingerprint density at radius 3 is 2.62 bits per heavy atom. The highest BCUT2D eigenvalue weighted by molar-refractivity contribution is 5.68. The number of nitrogens with zero attached hydrogens (tertiary/aromatic N) is 3. The maximum Gasteiger partial charge on any atom is 0.168 e. The molecule has 4 nitrogen and oxygen atoms in total. The topological polar surface area (TPSA) is 42.7 Å². The Morgan fingerprint density at radius 1 is 1.00 bits per heavy atom. The van der Waals surface area contributed by atoms with Crippen LogP contribution in [0.4, 0.5) is 5.69 Å². The molecule has 1 aromatic heterocycles. The summed E-state index contributed by atoms with van der Waals surface area (Å²) in [6.07, 6.45) is 0. The van der Waals surface area contributed by atoms with E-state index >= 15 is 0 Å². The van der Waals surface area contributed by atoms with Gasteiger partial charge in [-0.25, -0.2) is 0 Å².